The van der Waals surface area contributed by atoms with Crippen molar-refractivity contribution in [2.24, 2.45) is 5.73 Å². The fourth-order valence-corrected chi connectivity index (χ4v) is 1.55. The van der Waals surface area contributed by atoms with Crippen LogP contribution < -0.4 is 10.5 Å². The quantitative estimate of drug-likeness (QED) is 0.835. The third kappa shape index (κ3) is 3.20. The first kappa shape index (κ1) is 11.3. The molecule has 0 heterocycles. The van der Waals surface area contributed by atoms with Crippen molar-refractivity contribution in [2.75, 3.05) is 6.61 Å². The maximum atomic E-state index is 5.90. The number of halogens is 1. The molecule has 2 N–H and O–H groups in total. The van der Waals surface area contributed by atoms with Crippen molar-refractivity contribution in [2.45, 2.75) is 26.3 Å². The van der Waals surface area contributed by atoms with E-state index in [9.17, 15) is 0 Å². The summed E-state index contributed by atoms with van der Waals surface area (Å²) in [4.78, 5) is 0. The van der Waals surface area contributed by atoms with Gasteiger partial charge in [-0.1, -0.05) is 11.6 Å². The normalized spacial score (nSPS) is 12.6. The zero-order valence-electron chi connectivity index (χ0n) is 8.59. The molecule has 0 aliphatic carbocycles. The van der Waals surface area contributed by atoms with Crippen molar-refractivity contribution < 1.29 is 4.74 Å². The zero-order chi connectivity index (χ0) is 10.6. The van der Waals surface area contributed by atoms with Gasteiger partial charge in [0.1, 0.15) is 5.75 Å². The Labute approximate surface area is 90.0 Å². The average molecular weight is 214 g/mol. The third-order valence-corrected chi connectivity index (χ3v) is 2.10. The monoisotopic (exact) mass is 213 g/mol. The van der Waals surface area contributed by atoms with Gasteiger partial charge in [-0.05, 0) is 44.0 Å². The fraction of sp³-hybridized carbons (Fsp3) is 0.455. The highest BCUT2D eigenvalue weighted by atomic mass is 35.5. The van der Waals surface area contributed by atoms with Crippen LogP contribution in [0.1, 0.15) is 19.4 Å². The summed E-state index contributed by atoms with van der Waals surface area (Å²) in [6.45, 7) is 4.59. The van der Waals surface area contributed by atoms with Crippen molar-refractivity contribution in [3.63, 3.8) is 0 Å². The number of benzene rings is 1. The molecule has 1 rings (SSSR count). The molecule has 0 aliphatic rings. The van der Waals surface area contributed by atoms with E-state index in [1.807, 2.05) is 32.0 Å². The lowest BCUT2D eigenvalue weighted by molar-refractivity contribution is 0.336. The first-order valence-electron chi connectivity index (χ1n) is 4.80. The summed E-state index contributed by atoms with van der Waals surface area (Å²) in [6.07, 6.45) is 0.788. The minimum atomic E-state index is 0.118. The second-order valence-electron chi connectivity index (χ2n) is 3.37. The van der Waals surface area contributed by atoms with E-state index in [1.54, 1.807) is 0 Å². The van der Waals surface area contributed by atoms with E-state index in [0.29, 0.717) is 6.61 Å². The topological polar surface area (TPSA) is 35.2 Å². The van der Waals surface area contributed by atoms with Crippen LogP contribution in [0.5, 0.6) is 5.75 Å². The molecular formula is C11H16ClNO. The minimum Gasteiger partial charge on any atom is -0.494 e. The molecule has 0 saturated heterocycles. The van der Waals surface area contributed by atoms with Gasteiger partial charge in [0, 0.05) is 11.1 Å². The van der Waals surface area contributed by atoms with Crippen LogP contribution in [0.25, 0.3) is 0 Å². The van der Waals surface area contributed by atoms with Gasteiger partial charge in [0.2, 0.25) is 0 Å². The Morgan fingerprint density at radius 1 is 1.50 bits per heavy atom. The standard InChI is InChI=1S/C11H16ClNO/c1-3-14-11-5-4-10(12)7-9(11)6-8(2)13/h4-5,7-8H,3,6,13H2,1-2H3/t8-/m0/s1. The third-order valence-electron chi connectivity index (χ3n) is 1.86. The second kappa shape index (κ2) is 5.23. The summed E-state index contributed by atoms with van der Waals surface area (Å²) in [5.41, 5.74) is 6.82. The summed E-state index contributed by atoms with van der Waals surface area (Å²) < 4.78 is 5.48. The lowest BCUT2D eigenvalue weighted by Crippen LogP contribution is -2.18. The van der Waals surface area contributed by atoms with Gasteiger partial charge in [-0.3, -0.25) is 0 Å². The lowest BCUT2D eigenvalue weighted by Gasteiger charge is -2.12. The van der Waals surface area contributed by atoms with Crippen LogP contribution in [-0.4, -0.2) is 12.6 Å². The Bertz CT molecular complexity index is 299. The number of hydrogen-bond acceptors (Lipinski definition) is 2. The van der Waals surface area contributed by atoms with Crippen molar-refractivity contribution in [1.82, 2.24) is 0 Å². The highest BCUT2D eigenvalue weighted by Crippen LogP contribution is 2.23. The Balaban J connectivity index is 2.90. The van der Waals surface area contributed by atoms with Gasteiger partial charge < -0.3 is 10.5 Å². The molecular weight excluding hydrogens is 198 g/mol. The van der Waals surface area contributed by atoms with Crippen LogP contribution in [0.15, 0.2) is 18.2 Å². The van der Waals surface area contributed by atoms with E-state index in [0.717, 1.165) is 22.8 Å². The van der Waals surface area contributed by atoms with Gasteiger partial charge in [0.15, 0.2) is 0 Å². The highest BCUT2D eigenvalue weighted by Gasteiger charge is 2.06. The van der Waals surface area contributed by atoms with Crippen LogP contribution >= 0.6 is 11.6 Å². The molecule has 2 nitrogen and oxygen atoms in total. The fourth-order valence-electron chi connectivity index (χ4n) is 1.35. The first-order valence-corrected chi connectivity index (χ1v) is 5.18. The molecule has 0 aliphatic heterocycles. The molecule has 0 spiro atoms. The summed E-state index contributed by atoms with van der Waals surface area (Å²) >= 11 is 5.90. The lowest BCUT2D eigenvalue weighted by atomic mass is 10.1. The smallest absolute Gasteiger partial charge is 0.122 e. The SMILES string of the molecule is CCOc1ccc(Cl)cc1C[C@H](C)N. The molecule has 1 aromatic carbocycles. The maximum absolute atomic E-state index is 5.90. The second-order valence-corrected chi connectivity index (χ2v) is 3.80. The van der Waals surface area contributed by atoms with Gasteiger partial charge in [0.25, 0.3) is 0 Å². The Morgan fingerprint density at radius 2 is 2.21 bits per heavy atom. The Kier molecular flexibility index (Phi) is 4.23. The van der Waals surface area contributed by atoms with Gasteiger partial charge in [-0.2, -0.15) is 0 Å². The maximum Gasteiger partial charge on any atom is 0.122 e. The molecule has 0 radical (unpaired) electrons. The molecule has 1 atom stereocenters. The minimum absolute atomic E-state index is 0.118. The number of nitrogens with two attached hydrogens (primary N) is 1. The summed E-state index contributed by atoms with van der Waals surface area (Å²) in [5, 5.41) is 0.726. The van der Waals surface area contributed by atoms with Crippen molar-refractivity contribution in [3.05, 3.63) is 28.8 Å². The molecule has 3 heteroatoms. The summed E-state index contributed by atoms with van der Waals surface area (Å²) in [6, 6.07) is 5.75. The van der Waals surface area contributed by atoms with Gasteiger partial charge in [0.05, 0.1) is 6.61 Å². The predicted molar refractivity (Wildman–Crippen MR) is 60.0 cm³/mol. The van der Waals surface area contributed by atoms with Crippen LogP contribution in [0.4, 0.5) is 0 Å². The number of rotatable bonds is 4. The van der Waals surface area contributed by atoms with E-state index >= 15 is 0 Å². The number of hydrogen-bond donors (Lipinski definition) is 1. The number of ether oxygens (including phenoxy) is 1. The molecule has 0 bridgehead atoms. The molecule has 0 saturated carbocycles. The van der Waals surface area contributed by atoms with Crippen molar-refractivity contribution in [3.8, 4) is 5.75 Å². The molecule has 0 aromatic heterocycles. The van der Waals surface area contributed by atoms with Gasteiger partial charge >= 0.3 is 0 Å². The Hall–Kier alpha value is -0.730. The molecule has 14 heavy (non-hydrogen) atoms. The highest BCUT2D eigenvalue weighted by molar-refractivity contribution is 6.30. The summed E-state index contributed by atoms with van der Waals surface area (Å²) in [7, 11) is 0. The van der Waals surface area contributed by atoms with E-state index in [-0.39, 0.29) is 6.04 Å². The first-order chi connectivity index (χ1) is 6.63. The molecule has 1 aromatic rings. The predicted octanol–water partition coefficient (Wildman–Crippen LogP) is 2.63. The van der Waals surface area contributed by atoms with Crippen LogP contribution in [0.3, 0.4) is 0 Å². The molecule has 78 valence electrons. The van der Waals surface area contributed by atoms with Gasteiger partial charge in [-0.25, -0.2) is 0 Å². The largest absolute Gasteiger partial charge is 0.494 e. The van der Waals surface area contributed by atoms with E-state index < -0.39 is 0 Å². The van der Waals surface area contributed by atoms with Crippen molar-refractivity contribution in [1.29, 1.82) is 0 Å². The van der Waals surface area contributed by atoms with E-state index in [4.69, 9.17) is 22.1 Å². The van der Waals surface area contributed by atoms with Crippen LogP contribution in [-0.2, 0) is 6.42 Å². The summed E-state index contributed by atoms with van der Waals surface area (Å²) in [5.74, 6) is 0.884. The Morgan fingerprint density at radius 3 is 2.79 bits per heavy atom. The van der Waals surface area contributed by atoms with Gasteiger partial charge in [-0.15, -0.1) is 0 Å². The molecule has 0 unspecified atom stereocenters. The van der Waals surface area contributed by atoms with E-state index in [1.165, 1.54) is 0 Å². The van der Waals surface area contributed by atoms with Crippen LogP contribution in [0.2, 0.25) is 5.02 Å². The van der Waals surface area contributed by atoms with E-state index in [2.05, 4.69) is 0 Å². The average Bonchev–Trinajstić information content (AvgIpc) is 2.09. The van der Waals surface area contributed by atoms with Crippen LogP contribution in [0, 0.1) is 0 Å². The zero-order valence-corrected chi connectivity index (χ0v) is 9.34. The molecule has 0 fully saturated rings. The molecule has 0 amide bonds. The van der Waals surface area contributed by atoms with Crippen molar-refractivity contribution >= 4 is 11.6 Å².